The molecule has 0 unspecified atom stereocenters. The Labute approximate surface area is 134 Å². The average molecular weight is 350 g/mol. The van der Waals surface area contributed by atoms with Crippen molar-refractivity contribution in [2.75, 3.05) is 18.5 Å². The molecule has 112 valence electrons. The summed E-state index contributed by atoms with van der Waals surface area (Å²) < 4.78 is 6.42. The molecule has 0 aliphatic rings. The van der Waals surface area contributed by atoms with Gasteiger partial charge >= 0.3 is 0 Å². The molecule has 0 atom stereocenters. The Hall–Kier alpha value is -1.62. The fourth-order valence-corrected chi connectivity index (χ4v) is 2.09. The number of hydrogen-bond donors (Lipinski definition) is 1. The molecule has 0 aliphatic carbocycles. The van der Waals surface area contributed by atoms with Crippen LogP contribution < -0.4 is 10.1 Å². The fraction of sp³-hybridized carbons (Fsp3) is 0.375. The van der Waals surface area contributed by atoms with Crippen molar-refractivity contribution >= 4 is 21.7 Å². The second-order valence-electron chi connectivity index (χ2n) is 5.74. The largest absolute Gasteiger partial charge is 0.492 e. The van der Waals surface area contributed by atoms with Gasteiger partial charge in [-0.1, -0.05) is 39.0 Å². The molecule has 4 nitrogen and oxygen atoms in total. The minimum atomic E-state index is -0.0826. The van der Waals surface area contributed by atoms with Gasteiger partial charge in [0.05, 0.1) is 6.54 Å². The maximum atomic E-state index is 5.64. The summed E-state index contributed by atoms with van der Waals surface area (Å²) in [5.41, 5.74) is -0.0826. The molecule has 5 heteroatoms. The summed E-state index contributed by atoms with van der Waals surface area (Å²) in [5, 5.41) is 3.26. The van der Waals surface area contributed by atoms with Crippen molar-refractivity contribution in [2.45, 2.75) is 26.2 Å². The predicted octanol–water partition coefficient (Wildman–Crippen LogP) is 4.03. The van der Waals surface area contributed by atoms with E-state index in [2.05, 4.69) is 52.0 Å². The van der Waals surface area contributed by atoms with Gasteiger partial charge in [-0.3, -0.25) is 0 Å². The molecule has 0 saturated heterocycles. The molecule has 2 aromatic rings. The van der Waals surface area contributed by atoms with Crippen LogP contribution in [-0.2, 0) is 5.41 Å². The summed E-state index contributed by atoms with van der Waals surface area (Å²) in [5.74, 6) is 2.49. The van der Waals surface area contributed by atoms with Gasteiger partial charge in [0.15, 0.2) is 0 Å². The SMILES string of the molecule is CC(C)(C)c1nc(Br)cc(NCCOc2ccccc2)n1. The summed E-state index contributed by atoms with van der Waals surface area (Å²) in [6.45, 7) is 7.55. The molecular weight excluding hydrogens is 330 g/mol. The van der Waals surface area contributed by atoms with Gasteiger partial charge in [0.25, 0.3) is 0 Å². The molecule has 0 saturated carbocycles. The zero-order valence-electron chi connectivity index (χ0n) is 12.6. The van der Waals surface area contributed by atoms with E-state index >= 15 is 0 Å². The molecule has 0 radical (unpaired) electrons. The molecule has 1 heterocycles. The number of benzene rings is 1. The van der Waals surface area contributed by atoms with Gasteiger partial charge in [0, 0.05) is 11.5 Å². The highest BCUT2D eigenvalue weighted by molar-refractivity contribution is 9.10. The van der Waals surface area contributed by atoms with E-state index in [1.807, 2.05) is 36.4 Å². The first kappa shape index (κ1) is 15.8. The van der Waals surface area contributed by atoms with Gasteiger partial charge in [0.2, 0.25) is 0 Å². The van der Waals surface area contributed by atoms with Gasteiger partial charge in [-0.05, 0) is 28.1 Å². The Morgan fingerprint density at radius 1 is 1.14 bits per heavy atom. The number of ether oxygens (including phenoxy) is 1. The van der Waals surface area contributed by atoms with Gasteiger partial charge in [-0.2, -0.15) is 0 Å². The first-order valence-electron chi connectivity index (χ1n) is 6.92. The smallest absolute Gasteiger partial charge is 0.137 e. The first-order chi connectivity index (χ1) is 9.95. The van der Waals surface area contributed by atoms with Crippen LogP contribution in [0.5, 0.6) is 5.75 Å². The van der Waals surface area contributed by atoms with Crippen molar-refractivity contribution < 1.29 is 4.74 Å². The number of nitrogens with one attached hydrogen (secondary N) is 1. The standard InChI is InChI=1S/C16H20BrN3O/c1-16(2,3)15-19-13(17)11-14(20-15)18-9-10-21-12-7-5-4-6-8-12/h4-8,11H,9-10H2,1-3H3,(H,18,19,20). The van der Waals surface area contributed by atoms with Crippen LogP contribution in [0, 0.1) is 0 Å². The van der Waals surface area contributed by atoms with Gasteiger partial charge < -0.3 is 10.1 Å². The number of aromatic nitrogens is 2. The number of rotatable bonds is 5. The fourth-order valence-electron chi connectivity index (χ4n) is 1.71. The second kappa shape index (κ2) is 6.89. The van der Waals surface area contributed by atoms with Crippen molar-refractivity contribution in [2.24, 2.45) is 0 Å². The molecule has 0 bridgehead atoms. The van der Waals surface area contributed by atoms with Crippen LogP contribution in [0.2, 0.25) is 0 Å². The normalized spacial score (nSPS) is 11.2. The predicted molar refractivity (Wildman–Crippen MR) is 88.9 cm³/mol. The minimum Gasteiger partial charge on any atom is -0.492 e. The van der Waals surface area contributed by atoms with Crippen molar-refractivity contribution in [3.05, 3.63) is 46.8 Å². The van der Waals surface area contributed by atoms with Crippen molar-refractivity contribution in [3.8, 4) is 5.75 Å². The van der Waals surface area contributed by atoms with Crippen molar-refractivity contribution in [1.29, 1.82) is 0 Å². The lowest BCUT2D eigenvalue weighted by molar-refractivity contribution is 0.332. The highest BCUT2D eigenvalue weighted by atomic mass is 79.9. The lowest BCUT2D eigenvalue weighted by atomic mass is 9.96. The molecule has 0 aliphatic heterocycles. The Morgan fingerprint density at radius 2 is 1.86 bits per heavy atom. The van der Waals surface area contributed by atoms with E-state index < -0.39 is 0 Å². The molecular formula is C16H20BrN3O. The maximum absolute atomic E-state index is 5.64. The lowest BCUT2D eigenvalue weighted by Gasteiger charge is -2.18. The van der Waals surface area contributed by atoms with Gasteiger partial charge in [-0.15, -0.1) is 0 Å². The van der Waals surface area contributed by atoms with E-state index in [9.17, 15) is 0 Å². The van der Waals surface area contributed by atoms with Crippen LogP contribution in [0.1, 0.15) is 26.6 Å². The quantitative estimate of drug-likeness (QED) is 0.653. The topological polar surface area (TPSA) is 47.0 Å². The Balaban J connectivity index is 1.90. The summed E-state index contributed by atoms with van der Waals surface area (Å²) in [4.78, 5) is 8.96. The van der Waals surface area contributed by atoms with Crippen LogP contribution in [0.4, 0.5) is 5.82 Å². The summed E-state index contributed by atoms with van der Waals surface area (Å²) in [6.07, 6.45) is 0. The molecule has 2 rings (SSSR count). The van der Waals surface area contributed by atoms with E-state index in [4.69, 9.17) is 4.74 Å². The van der Waals surface area contributed by atoms with E-state index in [-0.39, 0.29) is 5.41 Å². The number of nitrogens with zero attached hydrogens (tertiary/aromatic N) is 2. The molecule has 1 N–H and O–H groups in total. The average Bonchev–Trinajstić information content (AvgIpc) is 2.43. The van der Waals surface area contributed by atoms with E-state index in [0.717, 1.165) is 22.0 Å². The minimum absolute atomic E-state index is 0.0826. The summed E-state index contributed by atoms with van der Waals surface area (Å²) in [6, 6.07) is 11.6. The third-order valence-corrected chi connectivity index (χ3v) is 3.19. The van der Waals surface area contributed by atoms with Crippen LogP contribution in [0.25, 0.3) is 0 Å². The van der Waals surface area contributed by atoms with E-state index in [0.29, 0.717) is 13.2 Å². The first-order valence-corrected chi connectivity index (χ1v) is 7.71. The highest BCUT2D eigenvalue weighted by Crippen LogP contribution is 2.22. The Kier molecular flexibility index (Phi) is 5.17. The molecule has 21 heavy (non-hydrogen) atoms. The number of anilines is 1. The van der Waals surface area contributed by atoms with Crippen LogP contribution in [0.15, 0.2) is 41.0 Å². The van der Waals surface area contributed by atoms with Crippen molar-refractivity contribution in [1.82, 2.24) is 9.97 Å². The third-order valence-electron chi connectivity index (χ3n) is 2.79. The Bertz CT molecular complexity index is 582. The summed E-state index contributed by atoms with van der Waals surface area (Å²) >= 11 is 3.43. The number of hydrogen-bond acceptors (Lipinski definition) is 4. The van der Waals surface area contributed by atoms with Crippen molar-refractivity contribution in [3.63, 3.8) is 0 Å². The Morgan fingerprint density at radius 3 is 2.52 bits per heavy atom. The summed E-state index contributed by atoms with van der Waals surface area (Å²) in [7, 11) is 0. The molecule has 0 spiro atoms. The zero-order chi connectivity index (χ0) is 15.3. The maximum Gasteiger partial charge on any atom is 0.137 e. The lowest BCUT2D eigenvalue weighted by Crippen LogP contribution is -2.18. The van der Waals surface area contributed by atoms with Crippen LogP contribution in [0.3, 0.4) is 0 Å². The zero-order valence-corrected chi connectivity index (χ0v) is 14.1. The molecule has 1 aromatic carbocycles. The van der Waals surface area contributed by atoms with Gasteiger partial charge in [0.1, 0.15) is 28.6 Å². The monoisotopic (exact) mass is 349 g/mol. The van der Waals surface area contributed by atoms with E-state index in [1.54, 1.807) is 0 Å². The number of para-hydroxylation sites is 1. The van der Waals surface area contributed by atoms with E-state index in [1.165, 1.54) is 0 Å². The van der Waals surface area contributed by atoms with Crippen LogP contribution in [-0.4, -0.2) is 23.1 Å². The molecule has 0 amide bonds. The molecule has 1 aromatic heterocycles. The van der Waals surface area contributed by atoms with Crippen LogP contribution >= 0.6 is 15.9 Å². The van der Waals surface area contributed by atoms with Gasteiger partial charge in [-0.25, -0.2) is 9.97 Å². The number of halogens is 1. The second-order valence-corrected chi connectivity index (χ2v) is 6.55. The highest BCUT2D eigenvalue weighted by Gasteiger charge is 2.18. The molecule has 0 fully saturated rings. The third kappa shape index (κ3) is 5.01.